The quantitative estimate of drug-likeness (QED) is 0.792. The maximum Gasteiger partial charge on any atom is 0.251 e. The smallest absolute Gasteiger partial charge is 0.251 e. The summed E-state index contributed by atoms with van der Waals surface area (Å²) in [6.45, 7) is 5.99. The van der Waals surface area contributed by atoms with Gasteiger partial charge in [0.1, 0.15) is 0 Å². The molecule has 0 bridgehead atoms. The maximum atomic E-state index is 11.0. The second-order valence-electron chi connectivity index (χ2n) is 2.45. The van der Waals surface area contributed by atoms with Crippen molar-refractivity contribution in [3.8, 4) is 0 Å². The number of rotatable bonds is 1. The molecule has 1 amide bonds. The van der Waals surface area contributed by atoms with Crippen molar-refractivity contribution < 1.29 is 24.8 Å². The molecule has 0 saturated heterocycles. The molecule has 0 unspecified atom stereocenters. The fourth-order valence-corrected chi connectivity index (χ4v) is 0.849. The number of nitrogens with one attached hydrogen (secondary N) is 1. The minimum absolute atomic E-state index is 0. The molecule has 1 aromatic carbocycles. The number of carbonyl (C=O) groups excluding carboxylic acids is 1. The Balaban J connectivity index is -0.000000339. The molecule has 0 aromatic heterocycles. The Morgan fingerprint density at radius 1 is 1.21 bits per heavy atom. The van der Waals surface area contributed by atoms with Crippen molar-refractivity contribution in [1.82, 2.24) is 5.32 Å². The summed E-state index contributed by atoms with van der Waals surface area (Å²) in [7, 11) is 1.63. The van der Waals surface area contributed by atoms with E-state index in [1.165, 1.54) is 0 Å². The average molecular weight is 232 g/mol. The molecule has 1 rings (SSSR count). The van der Waals surface area contributed by atoms with Crippen molar-refractivity contribution >= 4 is 5.91 Å². The zero-order chi connectivity index (χ0) is 10.3. The van der Waals surface area contributed by atoms with Gasteiger partial charge in [0.05, 0.1) is 0 Å². The molecule has 2 nitrogen and oxygen atoms in total. The molecule has 0 aliphatic carbocycles. The van der Waals surface area contributed by atoms with Crippen LogP contribution in [0.15, 0.2) is 24.3 Å². The van der Waals surface area contributed by atoms with Gasteiger partial charge in [-0.1, -0.05) is 31.5 Å². The van der Waals surface area contributed by atoms with Gasteiger partial charge in [-0.05, 0) is 19.1 Å². The Bertz CT molecular complexity index is 262. The van der Waals surface area contributed by atoms with Gasteiger partial charge in [0, 0.05) is 32.6 Å². The first-order chi connectivity index (χ1) is 6.24. The van der Waals surface area contributed by atoms with Gasteiger partial charge >= 0.3 is 0 Å². The standard InChI is InChI=1S/C9H11NO.C2H6.V.H2/c1-7-3-5-8(6-4-7)9(11)10-2;1-2;;/h3-6H,1-2H3,(H,10,11);1-2H3;;1H. The van der Waals surface area contributed by atoms with E-state index in [-0.39, 0.29) is 25.9 Å². The minimum atomic E-state index is -0.0370. The van der Waals surface area contributed by atoms with Gasteiger partial charge in [0.25, 0.3) is 5.91 Å². The number of aryl methyl sites for hydroxylation is 1. The molecular weight excluding hydrogens is 213 g/mol. The Hall–Kier alpha value is -0.726. The van der Waals surface area contributed by atoms with Gasteiger partial charge < -0.3 is 5.32 Å². The van der Waals surface area contributed by atoms with Crippen LogP contribution in [0.5, 0.6) is 0 Å². The minimum Gasteiger partial charge on any atom is -0.355 e. The molecule has 0 spiro atoms. The Kier molecular flexibility index (Phi) is 9.95. The predicted molar refractivity (Wildman–Crippen MR) is 58.0 cm³/mol. The largest absolute Gasteiger partial charge is 0.355 e. The van der Waals surface area contributed by atoms with E-state index in [0.29, 0.717) is 5.56 Å². The normalized spacial score (nSPS) is 7.71. The van der Waals surface area contributed by atoms with Crippen molar-refractivity contribution in [2.24, 2.45) is 0 Å². The summed E-state index contributed by atoms with van der Waals surface area (Å²) in [4.78, 5) is 11.0. The zero-order valence-electron chi connectivity index (χ0n) is 9.16. The van der Waals surface area contributed by atoms with Gasteiger partial charge in [0.2, 0.25) is 0 Å². The first-order valence-corrected chi connectivity index (χ1v) is 4.53. The van der Waals surface area contributed by atoms with Crippen LogP contribution in [0.3, 0.4) is 0 Å². The molecule has 3 heteroatoms. The third-order valence-corrected chi connectivity index (χ3v) is 1.54. The summed E-state index contributed by atoms with van der Waals surface area (Å²) in [5.74, 6) is -0.0370. The molecule has 0 atom stereocenters. The van der Waals surface area contributed by atoms with Crippen molar-refractivity contribution in [2.45, 2.75) is 20.8 Å². The fourth-order valence-electron chi connectivity index (χ4n) is 0.849. The van der Waals surface area contributed by atoms with E-state index < -0.39 is 0 Å². The molecule has 0 fully saturated rings. The van der Waals surface area contributed by atoms with Crippen LogP contribution in [-0.4, -0.2) is 13.0 Å². The second kappa shape index (κ2) is 8.85. The molecule has 0 heterocycles. The third-order valence-electron chi connectivity index (χ3n) is 1.54. The van der Waals surface area contributed by atoms with E-state index in [0.717, 1.165) is 5.56 Å². The third kappa shape index (κ3) is 5.10. The molecule has 1 aromatic rings. The van der Waals surface area contributed by atoms with Crippen LogP contribution >= 0.6 is 0 Å². The van der Waals surface area contributed by atoms with Gasteiger partial charge in [-0.2, -0.15) is 0 Å². The van der Waals surface area contributed by atoms with Crippen molar-refractivity contribution in [1.29, 1.82) is 0 Å². The summed E-state index contributed by atoms with van der Waals surface area (Å²) in [6.07, 6.45) is 0. The van der Waals surface area contributed by atoms with Crippen molar-refractivity contribution in [2.75, 3.05) is 7.05 Å². The molecule has 14 heavy (non-hydrogen) atoms. The molecule has 1 N–H and O–H groups in total. The van der Waals surface area contributed by atoms with E-state index in [4.69, 9.17) is 0 Å². The maximum absolute atomic E-state index is 11.0. The topological polar surface area (TPSA) is 29.1 Å². The first-order valence-electron chi connectivity index (χ1n) is 4.53. The van der Waals surface area contributed by atoms with Crippen LogP contribution < -0.4 is 5.32 Å². The summed E-state index contributed by atoms with van der Waals surface area (Å²) in [6, 6.07) is 7.47. The van der Waals surface area contributed by atoms with Crippen LogP contribution in [0, 0.1) is 6.92 Å². The molecule has 0 aliphatic rings. The van der Waals surface area contributed by atoms with E-state index in [2.05, 4.69) is 5.32 Å². The number of carbonyl (C=O) groups is 1. The van der Waals surface area contributed by atoms with Crippen LogP contribution in [0.4, 0.5) is 0 Å². The monoisotopic (exact) mass is 232 g/mol. The number of benzene rings is 1. The van der Waals surface area contributed by atoms with E-state index in [9.17, 15) is 4.79 Å². The summed E-state index contributed by atoms with van der Waals surface area (Å²) in [5.41, 5.74) is 1.87. The van der Waals surface area contributed by atoms with E-state index in [1.807, 2.05) is 45.0 Å². The first kappa shape index (κ1) is 15.7. The molecule has 79 valence electrons. The van der Waals surface area contributed by atoms with Crippen molar-refractivity contribution in [3.63, 3.8) is 0 Å². The van der Waals surface area contributed by atoms with Gasteiger partial charge in [-0.15, -0.1) is 0 Å². The Labute approximate surface area is 99.5 Å². The van der Waals surface area contributed by atoms with Crippen LogP contribution in [0.1, 0.15) is 31.2 Å². The van der Waals surface area contributed by atoms with E-state index >= 15 is 0 Å². The van der Waals surface area contributed by atoms with Gasteiger partial charge in [-0.3, -0.25) is 4.79 Å². The van der Waals surface area contributed by atoms with Crippen molar-refractivity contribution in [3.05, 3.63) is 35.4 Å². The van der Waals surface area contributed by atoms with Gasteiger partial charge in [0.15, 0.2) is 0 Å². The average Bonchev–Trinajstić information content (AvgIpc) is 2.21. The number of amides is 1. The molecule has 0 saturated carbocycles. The second-order valence-corrected chi connectivity index (χ2v) is 2.45. The van der Waals surface area contributed by atoms with Gasteiger partial charge in [-0.25, -0.2) is 0 Å². The SMILES string of the molecule is CC.CNC(=O)c1ccc(C)cc1.[HH].[V]. The Morgan fingerprint density at radius 2 is 1.64 bits per heavy atom. The van der Waals surface area contributed by atoms with Crippen LogP contribution in [0.25, 0.3) is 0 Å². The van der Waals surface area contributed by atoms with E-state index in [1.54, 1.807) is 7.05 Å². The summed E-state index contributed by atoms with van der Waals surface area (Å²) < 4.78 is 0. The Morgan fingerprint density at radius 3 is 2.00 bits per heavy atom. The molecule has 0 aliphatic heterocycles. The van der Waals surface area contributed by atoms with Crippen LogP contribution in [-0.2, 0) is 18.6 Å². The zero-order valence-corrected chi connectivity index (χ0v) is 10.6. The summed E-state index contributed by atoms with van der Waals surface area (Å²) >= 11 is 0. The molecular formula is C11H19NOV. The predicted octanol–water partition coefficient (Wildman–Crippen LogP) is 2.62. The number of hydrogen-bond donors (Lipinski definition) is 1. The molecule has 1 radical (unpaired) electrons. The fraction of sp³-hybridized carbons (Fsp3) is 0.364. The number of hydrogen-bond acceptors (Lipinski definition) is 1. The summed E-state index contributed by atoms with van der Waals surface area (Å²) in [5, 5.41) is 2.56. The van der Waals surface area contributed by atoms with Crippen LogP contribution in [0.2, 0.25) is 0 Å².